The molecule has 6 heteroatoms. The lowest BCUT2D eigenvalue weighted by Crippen LogP contribution is -2.23. The number of hydrogen-bond donors (Lipinski definition) is 0. The molecule has 3 rings (SSSR count). The molecule has 1 saturated carbocycles. The first-order valence-electron chi connectivity index (χ1n) is 12.0. The van der Waals surface area contributed by atoms with Crippen molar-refractivity contribution in [3.05, 3.63) is 65.2 Å². The van der Waals surface area contributed by atoms with Gasteiger partial charge in [-0.25, -0.2) is 0 Å². The van der Waals surface area contributed by atoms with Crippen LogP contribution in [0.4, 0.5) is 4.39 Å². The normalized spacial score (nSPS) is 18.7. The van der Waals surface area contributed by atoms with Crippen molar-refractivity contribution < 1.29 is 23.4 Å². The maximum Gasteiger partial charge on any atom is 0.257 e. The van der Waals surface area contributed by atoms with Crippen LogP contribution in [-0.2, 0) is 4.84 Å². The average molecular weight is 470 g/mol. The van der Waals surface area contributed by atoms with Crippen LogP contribution in [0.3, 0.4) is 0 Å². The second-order valence-corrected chi connectivity index (χ2v) is 8.86. The van der Waals surface area contributed by atoms with Gasteiger partial charge in [0.1, 0.15) is 31.0 Å². The van der Waals surface area contributed by atoms with E-state index in [0.29, 0.717) is 30.6 Å². The molecule has 1 fully saturated rings. The summed E-state index contributed by atoms with van der Waals surface area (Å²) in [4.78, 5) is 4.46. The molecule has 1 aliphatic rings. The number of aryl methyl sites for hydroxylation is 2. The Balaban J connectivity index is 1.41. The molecule has 0 radical (unpaired) electrons. The van der Waals surface area contributed by atoms with Gasteiger partial charge >= 0.3 is 0 Å². The van der Waals surface area contributed by atoms with Crippen molar-refractivity contribution in [1.29, 1.82) is 0 Å². The number of ether oxygens (including phenoxy) is 3. The molecule has 0 unspecified atom stereocenters. The van der Waals surface area contributed by atoms with Crippen LogP contribution in [0.25, 0.3) is 0 Å². The van der Waals surface area contributed by atoms with E-state index in [1.165, 1.54) is 7.11 Å². The number of oxime groups is 1. The molecule has 0 bridgehead atoms. The number of allylic oxidation sites excluding steroid dienone is 1. The van der Waals surface area contributed by atoms with Crippen LogP contribution in [-0.4, -0.2) is 32.9 Å². The lowest BCUT2D eigenvalue weighted by molar-refractivity contribution is 0.147. The van der Waals surface area contributed by atoms with Gasteiger partial charge in [-0.1, -0.05) is 17.3 Å². The highest BCUT2D eigenvalue weighted by Gasteiger charge is 2.23. The highest BCUT2D eigenvalue weighted by Crippen LogP contribution is 2.33. The Hall–Kier alpha value is -3.02. The van der Waals surface area contributed by atoms with Crippen LogP contribution in [0.2, 0.25) is 0 Å². The van der Waals surface area contributed by atoms with E-state index in [2.05, 4.69) is 23.8 Å². The second-order valence-electron chi connectivity index (χ2n) is 8.86. The zero-order valence-electron chi connectivity index (χ0n) is 20.7. The summed E-state index contributed by atoms with van der Waals surface area (Å²) < 4.78 is 31.6. The molecule has 2 aromatic rings. The van der Waals surface area contributed by atoms with Crippen molar-refractivity contribution in [2.45, 2.75) is 46.5 Å². The Kier molecular flexibility index (Phi) is 9.80. The van der Waals surface area contributed by atoms with Crippen molar-refractivity contribution in [2.75, 3.05) is 26.9 Å². The van der Waals surface area contributed by atoms with E-state index in [0.717, 1.165) is 60.7 Å². The fraction of sp³-hybridized carbons (Fsp3) is 0.464. The highest BCUT2D eigenvalue weighted by atomic mass is 19.1. The van der Waals surface area contributed by atoms with Gasteiger partial charge in [-0.2, -0.15) is 4.39 Å². The first-order chi connectivity index (χ1) is 16.5. The molecule has 2 aromatic carbocycles. The minimum absolute atomic E-state index is 0.371. The van der Waals surface area contributed by atoms with Crippen molar-refractivity contribution >= 4 is 5.97 Å². The molecule has 184 valence electrons. The van der Waals surface area contributed by atoms with E-state index >= 15 is 0 Å². The van der Waals surface area contributed by atoms with Gasteiger partial charge in [0.15, 0.2) is 0 Å². The zero-order chi connectivity index (χ0) is 24.3. The van der Waals surface area contributed by atoms with Crippen LogP contribution >= 0.6 is 0 Å². The Morgan fingerprint density at radius 3 is 2.06 bits per heavy atom. The van der Waals surface area contributed by atoms with E-state index in [9.17, 15) is 4.39 Å². The molecule has 0 aromatic heterocycles. The first-order valence-corrected chi connectivity index (χ1v) is 12.0. The van der Waals surface area contributed by atoms with E-state index < -0.39 is 5.97 Å². The molecule has 0 aliphatic heterocycles. The summed E-state index contributed by atoms with van der Waals surface area (Å²) in [6.07, 6.45) is 8.49. The summed E-state index contributed by atoms with van der Waals surface area (Å²) in [6.45, 7) is 8.13. The molecular formula is C28H36FNO4. The maximum atomic E-state index is 13.6. The zero-order valence-corrected chi connectivity index (χ0v) is 20.7. The van der Waals surface area contributed by atoms with Gasteiger partial charge in [0.2, 0.25) is 0 Å². The number of benzene rings is 2. The largest absolute Gasteiger partial charge is 0.493 e. The fourth-order valence-corrected chi connectivity index (χ4v) is 4.26. The van der Waals surface area contributed by atoms with Crippen molar-refractivity contribution in [2.24, 2.45) is 17.0 Å². The van der Waals surface area contributed by atoms with Crippen LogP contribution in [0.15, 0.2) is 53.7 Å². The summed E-state index contributed by atoms with van der Waals surface area (Å²) in [7, 11) is 1.32. The number of rotatable bonds is 11. The summed E-state index contributed by atoms with van der Waals surface area (Å²) in [6, 6.07) is 10.9. The molecule has 0 N–H and O–H groups in total. The number of halogens is 1. The van der Waals surface area contributed by atoms with Crippen LogP contribution in [0.1, 0.15) is 49.3 Å². The third-order valence-electron chi connectivity index (χ3n) is 6.20. The van der Waals surface area contributed by atoms with Gasteiger partial charge in [0.25, 0.3) is 5.97 Å². The molecule has 0 spiro atoms. The maximum absolute atomic E-state index is 13.6. The summed E-state index contributed by atoms with van der Waals surface area (Å²) >= 11 is 0. The van der Waals surface area contributed by atoms with Gasteiger partial charge in [-0.05, 0) is 106 Å². The van der Waals surface area contributed by atoms with Crippen molar-refractivity contribution in [3.8, 4) is 17.2 Å². The van der Waals surface area contributed by atoms with Gasteiger partial charge in [-0.3, -0.25) is 0 Å². The third-order valence-corrected chi connectivity index (χ3v) is 6.20. The Morgan fingerprint density at radius 1 is 0.912 bits per heavy atom. The van der Waals surface area contributed by atoms with Gasteiger partial charge < -0.3 is 19.0 Å². The predicted molar refractivity (Wildman–Crippen MR) is 134 cm³/mol. The summed E-state index contributed by atoms with van der Waals surface area (Å²) in [5.74, 6) is 3.03. The molecule has 0 heterocycles. The Bertz CT molecular complexity index is 940. The monoisotopic (exact) mass is 469 g/mol. The Morgan fingerprint density at radius 2 is 1.50 bits per heavy atom. The minimum Gasteiger partial charge on any atom is -0.493 e. The summed E-state index contributed by atoms with van der Waals surface area (Å²) in [5.41, 5.74) is 2.59. The van der Waals surface area contributed by atoms with Gasteiger partial charge in [-0.15, -0.1) is 0 Å². The molecule has 5 nitrogen and oxygen atoms in total. The lowest BCUT2D eigenvalue weighted by atomic mass is 9.83. The van der Waals surface area contributed by atoms with Crippen molar-refractivity contribution in [3.63, 3.8) is 0 Å². The van der Waals surface area contributed by atoms with Gasteiger partial charge in [0, 0.05) is 5.56 Å². The van der Waals surface area contributed by atoms with E-state index in [-0.39, 0.29) is 0 Å². The van der Waals surface area contributed by atoms with E-state index in [4.69, 9.17) is 14.2 Å². The SMILES string of the molecule is C/C=C/COc1cc(C)c(OCC2CCC(COc3ccc(/C(F)=N/OC)cc3)CC2)c(C)c1. The third kappa shape index (κ3) is 7.51. The minimum atomic E-state index is -0.645. The molecular weight excluding hydrogens is 433 g/mol. The quantitative estimate of drug-likeness (QED) is 0.206. The molecule has 1 aliphatic carbocycles. The second kappa shape index (κ2) is 13.0. The number of hydrogen-bond acceptors (Lipinski definition) is 5. The number of nitrogens with zero attached hydrogens (tertiary/aromatic N) is 1. The lowest BCUT2D eigenvalue weighted by Gasteiger charge is -2.28. The predicted octanol–water partition coefficient (Wildman–Crippen LogP) is 6.80. The van der Waals surface area contributed by atoms with Crippen molar-refractivity contribution in [1.82, 2.24) is 0 Å². The molecule has 0 saturated heterocycles. The standard InChI is InChI=1S/C28H36FNO4/c1-5-6-15-32-26-16-20(2)27(21(3)17-26)34-19-23-9-7-22(8-10-23)18-33-25-13-11-24(12-14-25)28(29)30-31-4/h5-6,11-14,16-17,22-23H,7-10,15,18-19H2,1-4H3/b6-5+,30-28-. The highest BCUT2D eigenvalue weighted by molar-refractivity contribution is 5.92. The first kappa shape index (κ1) is 25.6. The van der Waals surface area contributed by atoms with Crippen LogP contribution in [0.5, 0.6) is 17.2 Å². The molecule has 34 heavy (non-hydrogen) atoms. The Labute approximate surface area is 202 Å². The fourth-order valence-electron chi connectivity index (χ4n) is 4.26. The molecule has 0 amide bonds. The van der Waals surface area contributed by atoms with Crippen LogP contribution < -0.4 is 14.2 Å². The smallest absolute Gasteiger partial charge is 0.257 e. The topological polar surface area (TPSA) is 49.3 Å². The average Bonchev–Trinajstić information content (AvgIpc) is 2.83. The van der Waals surface area contributed by atoms with Gasteiger partial charge in [0.05, 0.1) is 13.2 Å². The molecule has 0 atom stereocenters. The van der Waals surface area contributed by atoms with E-state index in [1.54, 1.807) is 24.3 Å². The van der Waals surface area contributed by atoms with E-state index in [1.807, 2.05) is 31.2 Å². The summed E-state index contributed by atoms with van der Waals surface area (Å²) in [5, 5.41) is 3.30. The van der Waals surface area contributed by atoms with Crippen LogP contribution in [0, 0.1) is 25.7 Å².